The lowest BCUT2D eigenvalue weighted by atomic mass is 9.85. The molecule has 1 aromatic heterocycles. The first kappa shape index (κ1) is 8.48. The van der Waals surface area contributed by atoms with Gasteiger partial charge in [-0.2, -0.15) is 0 Å². The van der Waals surface area contributed by atoms with Crippen LogP contribution in [0.5, 0.6) is 0 Å². The lowest BCUT2D eigenvalue weighted by molar-refractivity contribution is 0.344. The quantitative estimate of drug-likeness (QED) is 0.770. The van der Waals surface area contributed by atoms with Crippen molar-refractivity contribution in [3.63, 3.8) is 0 Å². The van der Waals surface area contributed by atoms with Crippen LogP contribution in [-0.2, 0) is 0 Å². The Hall–Kier alpha value is -0.830. The molecule has 0 bridgehead atoms. The van der Waals surface area contributed by atoms with E-state index < -0.39 is 0 Å². The molecule has 1 aromatic carbocycles. The van der Waals surface area contributed by atoms with Crippen molar-refractivity contribution in [1.82, 2.24) is 4.98 Å². The summed E-state index contributed by atoms with van der Waals surface area (Å²) in [6.07, 6.45) is 3.77. The number of oxazole rings is 1. The van der Waals surface area contributed by atoms with Gasteiger partial charge in [-0.15, -0.1) is 0 Å². The molecular formula is C11H10BrNO. The number of hydrogen-bond acceptors (Lipinski definition) is 2. The average Bonchev–Trinajstić information content (AvgIpc) is 2.43. The highest BCUT2D eigenvalue weighted by Gasteiger charge is 2.24. The summed E-state index contributed by atoms with van der Waals surface area (Å²) in [7, 11) is 0. The molecule has 0 radical (unpaired) electrons. The number of benzene rings is 1. The maximum atomic E-state index is 5.71. The van der Waals surface area contributed by atoms with Crippen LogP contribution in [0, 0.1) is 0 Å². The predicted molar refractivity (Wildman–Crippen MR) is 58.3 cm³/mol. The molecule has 3 rings (SSSR count). The predicted octanol–water partition coefficient (Wildman–Crippen LogP) is 3.86. The molecule has 0 unspecified atom stereocenters. The molecule has 1 aliphatic carbocycles. The van der Waals surface area contributed by atoms with Gasteiger partial charge in [0.2, 0.25) is 0 Å². The lowest BCUT2D eigenvalue weighted by Gasteiger charge is -2.21. The van der Waals surface area contributed by atoms with E-state index in [-0.39, 0.29) is 0 Å². The highest BCUT2D eigenvalue weighted by Crippen LogP contribution is 2.37. The minimum Gasteiger partial charge on any atom is -0.440 e. The van der Waals surface area contributed by atoms with E-state index in [1.807, 2.05) is 18.2 Å². The van der Waals surface area contributed by atoms with E-state index in [0.29, 0.717) is 5.92 Å². The molecule has 72 valence electrons. The Balaban J connectivity index is 2.10. The molecule has 0 spiro atoms. The second-order valence-electron chi connectivity index (χ2n) is 3.79. The molecule has 0 amide bonds. The zero-order valence-corrected chi connectivity index (χ0v) is 9.25. The smallest absolute Gasteiger partial charge is 0.198 e. The van der Waals surface area contributed by atoms with Gasteiger partial charge in [0.25, 0.3) is 0 Å². The van der Waals surface area contributed by atoms with Gasteiger partial charge in [-0.3, -0.25) is 0 Å². The molecule has 2 nitrogen and oxygen atoms in total. The van der Waals surface area contributed by atoms with E-state index in [1.54, 1.807) is 0 Å². The van der Waals surface area contributed by atoms with Crippen LogP contribution in [-0.4, -0.2) is 4.98 Å². The molecule has 1 saturated carbocycles. The third-order valence-corrected chi connectivity index (χ3v) is 3.31. The standard InChI is InChI=1S/C11H10BrNO/c12-8-4-5-9-10(6-8)14-11(13-9)7-2-1-3-7/h4-7H,1-3H2. The highest BCUT2D eigenvalue weighted by atomic mass is 79.9. The fourth-order valence-electron chi connectivity index (χ4n) is 1.75. The Morgan fingerprint density at radius 2 is 2.21 bits per heavy atom. The third-order valence-electron chi connectivity index (χ3n) is 2.82. The molecule has 1 heterocycles. The fourth-order valence-corrected chi connectivity index (χ4v) is 2.09. The molecule has 1 fully saturated rings. The Morgan fingerprint density at radius 1 is 1.36 bits per heavy atom. The van der Waals surface area contributed by atoms with Crippen molar-refractivity contribution in [2.24, 2.45) is 0 Å². The summed E-state index contributed by atoms with van der Waals surface area (Å²) >= 11 is 3.42. The molecule has 1 aliphatic rings. The van der Waals surface area contributed by atoms with Crippen LogP contribution in [0.2, 0.25) is 0 Å². The van der Waals surface area contributed by atoms with Gasteiger partial charge in [0.1, 0.15) is 5.52 Å². The van der Waals surface area contributed by atoms with E-state index in [9.17, 15) is 0 Å². The normalized spacial score (nSPS) is 17.2. The molecular weight excluding hydrogens is 242 g/mol. The zero-order chi connectivity index (χ0) is 9.54. The van der Waals surface area contributed by atoms with Crippen molar-refractivity contribution in [2.45, 2.75) is 25.2 Å². The SMILES string of the molecule is Brc1ccc2nc(C3CCC3)oc2c1. The zero-order valence-electron chi connectivity index (χ0n) is 7.66. The molecule has 0 aliphatic heterocycles. The summed E-state index contributed by atoms with van der Waals surface area (Å²) in [6.45, 7) is 0. The second-order valence-corrected chi connectivity index (χ2v) is 4.71. The van der Waals surface area contributed by atoms with Gasteiger partial charge in [-0.25, -0.2) is 4.98 Å². The third kappa shape index (κ3) is 1.27. The fraction of sp³-hybridized carbons (Fsp3) is 0.364. The van der Waals surface area contributed by atoms with Crippen molar-refractivity contribution in [3.8, 4) is 0 Å². The Bertz CT molecular complexity index is 473. The maximum Gasteiger partial charge on any atom is 0.198 e. The molecule has 2 aromatic rings. The summed E-state index contributed by atoms with van der Waals surface area (Å²) in [5.41, 5.74) is 1.86. The lowest BCUT2D eigenvalue weighted by Crippen LogP contribution is -2.08. The van der Waals surface area contributed by atoms with Crippen LogP contribution >= 0.6 is 15.9 Å². The summed E-state index contributed by atoms with van der Waals surface area (Å²) in [5, 5.41) is 0. The molecule has 3 heteroatoms. The molecule has 0 atom stereocenters. The summed E-state index contributed by atoms with van der Waals surface area (Å²) < 4.78 is 6.75. The number of rotatable bonds is 1. The van der Waals surface area contributed by atoms with Crippen LogP contribution in [0.3, 0.4) is 0 Å². The van der Waals surface area contributed by atoms with Gasteiger partial charge < -0.3 is 4.42 Å². The number of fused-ring (bicyclic) bond motifs is 1. The van der Waals surface area contributed by atoms with Crippen molar-refractivity contribution in [3.05, 3.63) is 28.6 Å². The van der Waals surface area contributed by atoms with Crippen LogP contribution < -0.4 is 0 Å². The summed E-state index contributed by atoms with van der Waals surface area (Å²) in [4.78, 5) is 4.49. The monoisotopic (exact) mass is 251 g/mol. The molecule has 0 saturated heterocycles. The van der Waals surface area contributed by atoms with Gasteiger partial charge in [-0.05, 0) is 31.0 Å². The van der Waals surface area contributed by atoms with E-state index in [2.05, 4.69) is 20.9 Å². The average molecular weight is 252 g/mol. The van der Waals surface area contributed by atoms with E-state index >= 15 is 0 Å². The Kier molecular flexibility index (Phi) is 1.87. The van der Waals surface area contributed by atoms with Gasteiger partial charge in [-0.1, -0.05) is 22.4 Å². The van der Waals surface area contributed by atoms with Crippen molar-refractivity contribution >= 4 is 27.0 Å². The van der Waals surface area contributed by atoms with Gasteiger partial charge in [0.05, 0.1) is 0 Å². The highest BCUT2D eigenvalue weighted by molar-refractivity contribution is 9.10. The minimum atomic E-state index is 0.571. The Morgan fingerprint density at radius 3 is 2.93 bits per heavy atom. The van der Waals surface area contributed by atoms with E-state index in [0.717, 1.165) is 21.5 Å². The van der Waals surface area contributed by atoms with Gasteiger partial charge >= 0.3 is 0 Å². The number of halogens is 1. The van der Waals surface area contributed by atoms with Crippen LogP contribution in [0.25, 0.3) is 11.1 Å². The maximum absolute atomic E-state index is 5.71. The first-order valence-corrected chi connectivity index (χ1v) is 5.68. The van der Waals surface area contributed by atoms with Crippen LogP contribution in [0.1, 0.15) is 31.1 Å². The minimum absolute atomic E-state index is 0.571. The van der Waals surface area contributed by atoms with Crippen LogP contribution in [0.4, 0.5) is 0 Å². The van der Waals surface area contributed by atoms with Crippen molar-refractivity contribution < 1.29 is 4.42 Å². The van der Waals surface area contributed by atoms with Gasteiger partial charge in [0.15, 0.2) is 11.5 Å². The van der Waals surface area contributed by atoms with Crippen molar-refractivity contribution in [2.75, 3.05) is 0 Å². The molecule has 0 N–H and O–H groups in total. The van der Waals surface area contributed by atoms with Gasteiger partial charge in [0, 0.05) is 10.4 Å². The first-order chi connectivity index (χ1) is 6.83. The first-order valence-electron chi connectivity index (χ1n) is 4.89. The van der Waals surface area contributed by atoms with E-state index in [4.69, 9.17) is 4.42 Å². The number of hydrogen-bond donors (Lipinski definition) is 0. The largest absolute Gasteiger partial charge is 0.440 e. The number of aromatic nitrogens is 1. The van der Waals surface area contributed by atoms with Crippen LogP contribution in [0.15, 0.2) is 27.1 Å². The van der Waals surface area contributed by atoms with E-state index in [1.165, 1.54) is 19.3 Å². The summed E-state index contributed by atoms with van der Waals surface area (Å²) in [6, 6.07) is 5.96. The molecule has 14 heavy (non-hydrogen) atoms. The topological polar surface area (TPSA) is 26.0 Å². The Labute approximate surface area is 90.4 Å². The summed E-state index contributed by atoms with van der Waals surface area (Å²) in [5.74, 6) is 1.49. The van der Waals surface area contributed by atoms with Crippen molar-refractivity contribution in [1.29, 1.82) is 0 Å². The number of nitrogens with zero attached hydrogens (tertiary/aromatic N) is 1. The second kappa shape index (κ2) is 3.09.